The molecule has 0 fully saturated rings. The van der Waals surface area contributed by atoms with Crippen LogP contribution in [0.5, 0.6) is 0 Å². The van der Waals surface area contributed by atoms with Crippen molar-refractivity contribution in [3.8, 4) is 0 Å². The fraction of sp³-hybridized carbons (Fsp3) is 0.500. The topological polar surface area (TPSA) is 42.4 Å². The highest BCUT2D eigenvalue weighted by Crippen LogP contribution is 2.36. The smallest absolute Gasteiger partial charge is 0.150 e. The molecule has 0 N–H and O–H groups in total. The molecule has 4 nitrogen and oxygen atoms in total. The molecular weight excluding hydrogens is 412 g/mol. The molecule has 1 aromatic heterocycles. The highest BCUT2D eigenvalue weighted by atomic mass is 35.5. The van der Waals surface area contributed by atoms with Gasteiger partial charge in [0.05, 0.1) is 7.11 Å². The quantitative estimate of drug-likeness (QED) is 0.203. The monoisotopic (exact) mass is 446 g/mol. The second kappa shape index (κ2) is 11.2. The first-order valence-corrected chi connectivity index (χ1v) is 13.4. The molecule has 1 aromatic carbocycles. The van der Waals surface area contributed by atoms with E-state index in [0.717, 1.165) is 25.7 Å². The lowest BCUT2D eigenvalue weighted by Crippen LogP contribution is -2.43. The molecule has 0 spiro atoms. The Hall–Kier alpha value is -1.53. The van der Waals surface area contributed by atoms with E-state index in [1.807, 2.05) is 36.5 Å². The molecule has 2 rings (SSSR count). The summed E-state index contributed by atoms with van der Waals surface area (Å²) in [6, 6.07) is 12.1. The first-order chi connectivity index (χ1) is 14.2. The van der Waals surface area contributed by atoms with Gasteiger partial charge < -0.3 is 4.84 Å². The van der Waals surface area contributed by atoms with Gasteiger partial charge in [-0.1, -0.05) is 76.2 Å². The second-order valence-corrected chi connectivity index (χ2v) is 13.6. The van der Waals surface area contributed by atoms with Crippen LogP contribution in [0.15, 0.2) is 42.6 Å². The average Bonchev–Trinajstić information content (AvgIpc) is 2.73. The van der Waals surface area contributed by atoms with E-state index < -0.39 is 8.80 Å². The highest BCUT2D eigenvalue weighted by Gasteiger charge is 2.34. The third-order valence-corrected chi connectivity index (χ3v) is 11.0. The SMILES string of the molecule is CC[C@@H](Cc1ccc(C=O)cc1)N(C[C@@H](c1ccc(Cl)nc1)[SiH](C)C(C)(C)C)OC. The number of aromatic nitrogens is 1. The van der Waals surface area contributed by atoms with E-state index in [4.69, 9.17) is 16.4 Å². The second-order valence-electron chi connectivity index (χ2n) is 9.08. The van der Waals surface area contributed by atoms with Crippen LogP contribution < -0.4 is 0 Å². The largest absolute Gasteiger partial charge is 0.302 e. The van der Waals surface area contributed by atoms with Gasteiger partial charge in [0.2, 0.25) is 0 Å². The van der Waals surface area contributed by atoms with Crippen molar-refractivity contribution in [2.45, 2.75) is 63.7 Å². The van der Waals surface area contributed by atoms with E-state index in [-0.39, 0.29) is 11.1 Å². The standard InChI is InChI=1S/C24H35ClN2O2Si/c1-7-21(14-18-8-10-19(17-28)11-9-18)27(29-5)16-22(30(6)24(2,3)4)20-12-13-23(25)26-15-20/h8-13,15,17,21-22,30H,7,14,16H2,1-6H3/t21-,22-,30?/m0/s1. The van der Waals surface area contributed by atoms with Crippen molar-refractivity contribution >= 4 is 26.7 Å². The van der Waals surface area contributed by atoms with Crippen molar-refractivity contribution in [1.29, 1.82) is 0 Å². The summed E-state index contributed by atoms with van der Waals surface area (Å²) < 4.78 is 0. The maximum Gasteiger partial charge on any atom is 0.150 e. The molecule has 1 unspecified atom stereocenters. The van der Waals surface area contributed by atoms with E-state index >= 15 is 0 Å². The number of carbonyl (C=O) groups is 1. The van der Waals surface area contributed by atoms with Gasteiger partial charge in [-0.05, 0) is 40.6 Å². The first kappa shape index (κ1) is 24.7. The normalized spacial score (nSPS) is 15.1. The maximum atomic E-state index is 10.9. The summed E-state index contributed by atoms with van der Waals surface area (Å²) in [5.41, 5.74) is 3.54. The number of rotatable bonds is 10. The zero-order valence-electron chi connectivity index (χ0n) is 19.1. The zero-order chi connectivity index (χ0) is 22.3. The molecule has 0 bridgehead atoms. The Bertz CT molecular complexity index is 790. The molecule has 30 heavy (non-hydrogen) atoms. The Morgan fingerprint density at radius 1 is 1.20 bits per heavy atom. The third-order valence-electron chi connectivity index (χ3n) is 6.22. The Balaban J connectivity index is 2.26. The number of hydroxylamine groups is 2. The predicted octanol–water partition coefficient (Wildman–Crippen LogP) is 5.71. The van der Waals surface area contributed by atoms with E-state index in [1.165, 1.54) is 11.1 Å². The van der Waals surface area contributed by atoms with Gasteiger partial charge in [-0.15, -0.1) is 0 Å². The van der Waals surface area contributed by atoms with Crippen LogP contribution in [-0.4, -0.2) is 44.8 Å². The lowest BCUT2D eigenvalue weighted by Gasteiger charge is -2.38. The number of hydrogen-bond acceptors (Lipinski definition) is 4. The molecule has 164 valence electrons. The van der Waals surface area contributed by atoms with Gasteiger partial charge in [-0.3, -0.25) is 4.79 Å². The van der Waals surface area contributed by atoms with Crippen molar-refractivity contribution in [2.75, 3.05) is 13.7 Å². The van der Waals surface area contributed by atoms with Gasteiger partial charge in [0, 0.05) is 33.1 Å². The summed E-state index contributed by atoms with van der Waals surface area (Å²) >= 11 is 6.05. The maximum absolute atomic E-state index is 10.9. The molecule has 2 aromatic rings. The Kier molecular flexibility index (Phi) is 9.23. The molecule has 0 saturated heterocycles. The van der Waals surface area contributed by atoms with Crippen LogP contribution in [0, 0.1) is 0 Å². The summed E-state index contributed by atoms with van der Waals surface area (Å²) in [7, 11) is 0.553. The molecule has 6 heteroatoms. The summed E-state index contributed by atoms with van der Waals surface area (Å²) in [5, 5.41) is 2.94. The van der Waals surface area contributed by atoms with Crippen molar-refractivity contribution in [3.05, 3.63) is 64.4 Å². The van der Waals surface area contributed by atoms with Gasteiger partial charge in [0.15, 0.2) is 0 Å². The molecular formula is C24H35ClN2O2Si. The van der Waals surface area contributed by atoms with Gasteiger partial charge in [-0.2, -0.15) is 5.06 Å². The molecule has 3 atom stereocenters. The van der Waals surface area contributed by atoms with Crippen LogP contribution >= 0.6 is 11.6 Å². The van der Waals surface area contributed by atoms with Crippen LogP contribution in [0.2, 0.25) is 16.7 Å². The fourth-order valence-corrected chi connectivity index (χ4v) is 6.40. The minimum absolute atomic E-state index is 0.251. The third kappa shape index (κ3) is 6.74. The lowest BCUT2D eigenvalue weighted by atomic mass is 10.0. The zero-order valence-corrected chi connectivity index (χ0v) is 21.0. The van der Waals surface area contributed by atoms with Gasteiger partial charge in [0.1, 0.15) is 11.4 Å². The number of benzene rings is 1. The minimum Gasteiger partial charge on any atom is -0.302 e. The molecule has 0 saturated carbocycles. The number of halogens is 1. The van der Waals surface area contributed by atoms with Crippen molar-refractivity contribution in [3.63, 3.8) is 0 Å². The van der Waals surface area contributed by atoms with E-state index in [9.17, 15) is 4.79 Å². The minimum atomic E-state index is -1.21. The van der Waals surface area contributed by atoms with Crippen LogP contribution in [0.3, 0.4) is 0 Å². The van der Waals surface area contributed by atoms with E-state index in [2.05, 4.69) is 50.4 Å². The predicted molar refractivity (Wildman–Crippen MR) is 128 cm³/mol. The summed E-state index contributed by atoms with van der Waals surface area (Å²) in [5.74, 6) is 0. The average molecular weight is 447 g/mol. The molecule has 0 aliphatic heterocycles. The summed E-state index contributed by atoms with van der Waals surface area (Å²) in [6.45, 7) is 12.5. The lowest BCUT2D eigenvalue weighted by molar-refractivity contribution is -0.162. The fourth-order valence-electron chi connectivity index (χ4n) is 3.78. The number of carbonyl (C=O) groups excluding carboxylic acids is 1. The van der Waals surface area contributed by atoms with Crippen LogP contribution in [-0.2, 0) is 11.3 Å². The molecule has 0 aliphatic rings. The Morgan fingerprint density at radius 2 is 1.87 bits per heavy atom. The van der Waals surface area contributed by atoms with Gasteiger partial charge in [0.25, 0.3) is 0 Å². The number of pyridine rings is 1. The van der Waals surface area contributed by atoms with Crippen molar-refractivity contribution < 1.29 is 9.63 Å². The van der Waals surface area contributed by atoms with E-state index in [1.54, 1.807) is 7.11 Å². The van der Waals surface area contributed by atoms with E-state index in [0.29, 0.717) is 16.3 Å². The van der Waals surface area contributed by atoms with Crippen LogP contribution in [0.25, 0.3) is 0 Å². The molecule has 0 amide bonds. The summed E-state index contributed by atoms with van der Waals surface area (Å²) in [4.78, 5) is 21.2. The van der Waals surface area contributed by atoms with Crippen molar-refractivity contribution in [2.24, 2.45) is 0 Å². The molecule has 0 radical (unpaired) electrons. The van der Waals surface area contributed by atoms with Gasteiger partial charge in [-0.25, -0.2) is 4.98 Å². The highest BCUT2D eigenvalue weighted by molar-refractivity contribution is 6.62. The van der Waals surface area contributed by atoms with Crippen LogP contribution in [0.1, 0.15) is 61.1 Å². The Labute approximate surface area is 188 Å². The Morgan fingerprint density at radius 3 is 2.33 bits per heavy atom. The number of nitrogens with zero attached hydrogens (tertiary/aromatic N) is 2. The molecule has 1 heterocycles. The number of hydrogen-bond donors (Lipinski definition) is 0. The van der Waals surface area contributed by atoms with Gasteiger partial charge >= 0.3 is 0 Å². The number of aldehydes is 1. The van der Waals surface area contributed by atoms with Crippen LogP contribution in [0.4, 0.5) is 0 Å². The summed E-state index contributed by atoms with van der Waals surface area (Å²) in [6.07, 6.45) is 4.65. The molecule has 0 aliphatic carbocycles. The van der Waals surface area contributed by atoms with Crippen molar-refractivity contribution in [1.82, 2.24) is 10.0 Å². The first-order valence-electron chi connectivity index (χ1n) is 10.7.